The van der Waals surface area contributed by atoms with E-state index in [-0.39, 0.29) is 5.91 Å². The number of carbonyl (C=O) groups excluding carboxylic acids is 2. The van der Waals surface area contributed by atoms with Crippen molar-refractivity contribution in [2.45, 2.75) is 44.8 Å². The van der Waals surface area contributed by atoms with Crippen LogP contribution in [0.2, 0.25) is 0 Å². The first-order valence-electron chi connectivity index (χ1n) is 8.26. The molecule has 0 spiro atoms. The van der Waals surface area contributed by atoms with E-state index < -0.39 is 17.2 Å². The fourth-order valence-corrected chi connectivity index (χ4v) is 3.08. The van der Waals surface area contributed by atoms with Crippen LogP contribution < -0.4 is 5.32 Å². The van der Waals surface area contributed by atoms with E-state index in [0.717, 1.165) is 12.0 Å². The maximum Gasteiger partial charge on any atom is 0.411 e. The van der Waals surface area contributed by atoms with Crippen molar-refractivity contribution in [1.82, 2.24) is 10.2 Å². The number of ether oxygens (including phenoxy) is 1. The summed E-state index contributed by atoms with van der Waals surface area (Å²) in [6.45, 7) is 9.95. The van der Waals surface area contributed by atoms with Gasteiger partial charge in [0, 0.05) is 13.1 Å². The number of rotatable bonds is 4. The first-order valence-corrected chi connectivity index (χ1v) is 8.26. The third kappa shape index (κ3) is 3.61. The molecule has 0 radical (unpaired) electrons. The van der Waals surface area contributed by atoms with Crippen molar-refractivity contribution in [2.75, 3.05) is 13.1 Å². The van der Waals surface area contributed by atoms with Crippen LogP contribution in [-0.2, 0) is 15.1 Å². The van der Waals surface area contributed by atoms with E-state index in [1.807, 2.05) is 51.1 Å². The summed E-state index contributed by atoms with van der Waals surface area (Å²) >= 11 is 0. The highest BCUT2D eigenvalue weighted by molar-refractivity contribution is 5.92. The van der Waals surface area contributed by atoms with Gasteiger partial charge in [0.05, 0.1) is 0 Å². The summed E-state index contributed by atoms with van der Waals surface area (Å²) in [6, 6.07) is 9.42. The molecule has 2 amide bonds. The Morgan fingerprint density at radius 1 is 1.33 bits per heavy atom. The zero-order chi connectivity index (χ0) is 17.8. The van der Waals surface area contributed by atoms with E-state index >= 15 is 0 Å². The molecule has 0 bridgehead atoms. The summed E-state index contributed by atoms with van der Waals surface area (Å²) in [5.74, 6) is -0.197. The second kappa shape index (κ2) is 7.07. The molecule has 1 aliphatic rings. The highest BCUT2D eigenvalue weighted by Crippen LogP contribution is 2.40. The van der Waals surface area contributed by atoms with Crippen molar-refractivity contribution >= 4 is 12.0 Å². The molecule has 1 aliphatic heterocycles. The van der Waals surface area contributed by atoms with Gasteiger partial charge < -0.3 is 10.1 Å². The summed E-state index contributed by atoms with van der Waals surface area (Å²) in [4.78, 5) is 27.3. The van der Waals surface area contributed by atoms with Crippen molar-refractivity contribution in [3.63, 3.8) is 0 Å². The van der Waals surface area contributed by atoms with Crippen LogP contribution in [0.3, 0.4) is 0 Å². The first kappa shape index (κ1) is 18.0. The van der Waals surface area contributed by atoms with E-state index in [2.05, 4.69) is 11.9 Å². The standard InChI is InChI=1S/C19H26N2O3/c1-5-13-20-16(22)19(15-10-7-6-8-11-15)12-9-14-21(19)17(23)24-18(2,3)4/h5-8,10-11H,1,9,12-14H2,2-4H3,(H,20,22)/t19-/m0/s1. The molecule has 2 rings (SSSR count). The van der Waals surface area contributed by atoms with E-state index in [9.17, 15) is 9.59 Å². The van der Waals surface area contributed by atoms with Gasteiger partial charge in [0.25, 0.3) is 5.91 Å². The zero-order valence-corrected chi connectivity index (χ0v) is 14.7. The summed E-state index contributed by atoms with van der Waals surface area (Å²) in [6.07, 6.45) is 2.48. The predicted molar refractivity (Wildman–Crippen MR) is 93.5 cm³/mol. The molecule has 1 aromatic rings. The van der Waals surface area contributed by atoms with Gasteiger partial charge in [0.2, 0.25) is 0 Å². The molecule has 130 valence electrons. The lowest BCUT2D eigenvalue weighted by Gasteiger charge is -2.38. The largest absolute Gasteiger partial charge is 0.444 e. The molecule has 1 N–H and O–H groups in total. The van der Waals surface area contributed by atoms with E-state index in [1.54, 1.807) is 11.0 Å². The van der Waals surface area contributed by atoms with Crippen LogP contribution in [0.1, 0.15) is 39.2 Å². The Hall–Kier alpha value is -2.30. The lowest BCUT2D eigenvalue weighted by molar-refractivity contribution is -0.132. The number of nitrogens with one attached hydrogen (secondary N) is 1. The SMILES string of the molecule is C=CCNC(=O)[C@@]1(c2ccccc2)CCCN1C(=O)OC(C)(C)C. The van der Waals surface area contributed by atoms with Gasteiger partial charge >= 0.3 is 6.09 Å². The lowest BCUT2D eigenvalue weighted by Crippen LogP contribution is -2.56. The number of nitrogens with zero attached hydrogens (tertiary/aromatic N) is 1. The molecule has 0 aliphatic carbocycles. The minimum atomic E-state index is -1.04. The molecule has 24 heavy (non-hydrogen) atoms. The van der Waals surface area contributed by atoms with Crippen LogP contribution in [0.15, 0.2) is 43.0 Å². The number of amides is 2. The second-order valence-electron chi connectivity index (χ2n) is 6.96. The third-order valence-corrected chi connectivity index (χ3v) is 4.03. The summed E-state index contributed by atoms with van der Waals surface area (Å²) < 4.78 is 5.54. The van der Waals surface area contributed by atoms with Gasteiger partial charge in [0.15, 0.2) is 0 Å². The molecule has 1 aromatic carbocycles. The van der Waals surface area contributed by atoms with Gasteiger partial charge in [-0.3, -0.25) is 9.69 Å². The maximum absolute atomic E-state index is 13.0. The molecule has 0 saturated carbocycles. The van der Waals surface area contributed by atoms with E-state index in [4.69, 9.17) is 4.74 Å². The van der Waals surface area contributed by atoms with Crippen molar-refractivity contribution in [1.29, 1.82) is 0 Å². The Bertz CT molecular complexity index is 607. The summed E-state index contributed by atoms with van der Waals surface area (Å²) in [5, 5.41) is 2.85. The zero-order valence-electron chi connectivity index (χ0n) is 14.7. The van der Waals surface area contributed by atoms with Crippen molar-refractivity contribution < 1.29 is 14.3 Å². The number of carbonyl (C=O) groups is 2. The molecule has 1 atom stereocenters. The average Bonchev–Trinajstić information content (AvgIpc) is 2.98. The van der Waals surface area contributed by atoms with Crippen LogP contribution in [0.5, 0.6) is 0 Å². The Kier molecular flexibility index (Phi) is 5.32. The number of benzene rings is 1. The van der Waals surface area contributed by atoms with Crippen molar-refractivity contribution in [3.05, 3.63) is 48.6 Å². The minimum absolute atomic E-state index is 0.197. The van der Waals surface area contributed by atoms with Crippen LogP contribution in [0.25, 0.3) is 0 Å². The second-order valence-corrected chi connectivity index (χ2v) is 6.96. The molecular weight excluding hydrogens is 304 g/mol. The fourth-order valence-electron chi connectivity index (χ4n) is 3.08. The van der Waals surface area contributed by atoms with E-state index in [1.165, 1.54) is 0 Å². The minimum Gasteiger partial charge on any atom is -0.444 e. The predicted octanol–water partition coefficient (Wildman–Crippen LogP) is 3.22. The van der Waals surface area contributed by atoms with Crippen LogP contribution in [0.4, 0.5) is 4.79 Å². The smallest absolute Gasteiger partial charge is 0.411 e. The molecule has 0 aromatic heterocycles. The molecular formula is C19H26N2O3. The van der Waals surface area contributed by atoms with Crippen molar-refractivity contribution in [3.8, 4) is 0 Å². The highest BCUT2D eigenvalue weighted by Gasteiger charge is 2.52. The van der Waals surface area contributed by atoms with Crippen LogP contribution in [-0.4, -0.2) is 35.6 Å². The Balaban J connectivity index is 2.43. The van der Waals surface area contributed by atoms with Gasteiger partial charge in [-0.2, -0.15) is 0 Å². The lowest BCUT2D eigenvalue weighted by atomic mass is 9.86. The maximum atomic E-state index is 13.0. The molecule has 1 fully saturated rings. The molecule has 1 heterocycles. The normalized spacial score (nSPS) is 20.5. The summed E-state index contributed by atoms with van der Waals surface area (Å²) in [7, 11) is 0. The summed E-state index contributed by atoms with van der Waals surface area (Å²) in [5.41, 5.74) is -0.846. The van der Waals surface area contributed by atoms with E-state index in [0.29, 0.717) is 19.5 Å². The van der Waals surface area contributed by atoms with Crippen molar-refractivity contribution in [2.24, 2.45) is 0 Å². The number of hydrogen-bond donors (Lipinski definition) is 1. The molecule has 5 nitrogen and oxygen atoms in total. The average molecular weight is 330 g/mol. The van der Waals surface area contributed by atoms with Crippen LogP contribution >= 0.6 is 0 Å². The van der Waals surface area contributed by atoms with Crippen LogP contribution in [0, 0.1) is 0 Å². The molecule has 0 unspecified atom stereocenters. The molecule has 5 heteroatoms. The monoisotopic (exact) mass is 330 g/mol. The quantitative estimate of drug-likeness (QED) is 0.862. The molecule has 1 saturated heterocycles. The Morgan fingerprint density at radius 3 is 2.58 bits per heavy atom. The first-order chi connectivity index (χ1) is 11.3. The van der Waals surface area contributed by atoms with Gasteiger partial charge in [-0.15, -0.1) is 6.58 Å². The fraction of sp³-hybridized carbons (Fsp3) is 0.474. The van der Waals surface area contributed by atoms with Gasteiger partial charge in [-0.1, -0.05) is 36.4 Å². The van der Waals surface area contributed by atoms with Gasteiger partial charge in [0.1, 0.15) is 11.1 Å². The highest BCUT2D eigenvalue weighted by atomic mass is 16.6. The third-order valence-electron chi connectivity index (χ3n) is 4.03. The Labute approximate surface area is 143 Å². The van der Waals surface area contributed by atoms with Gasteiger partial charge in [-0.25, -0.2) is 4.79 Å². The van der Waals surface area contributed by atoms with Gasteiger partial charge in [-0.05, 0) is 39.2 Å². The number of likely N-dealkylation sites (tertiary alicyclic amines) is 1. The topological polar surface area (TPSA) is 58.6 Å². The Morgan fingerprint density at radius 2 is 2.00 bits per heavy atom. The number of hydrogen-bond acceptors (Lipinski definition) is 3.